The number of sulfonamides is 1. The van der Waals surface area contributed by atoms with Gasteiger partial charge in [-0.25, -0.2) is 21.9 Å². The van der Waals surface area contributed by atoms with Gasteiger partial charge in [-0.15, -0.1) is 11.3 Å². The summed E-state index contributed by atoms with van der Waals surface area (Å²) in [6.07, 6.45) is -0.0369. The summed E-state index contributed by atoms with van der Waals surface area (Å²) in [5.74, 6) is -2.60. The molecule has 0 unspecified atom stereocenters. The molecule has 1 amide bonds. The zero-order valence-corrected chi connectivity index (χ0v) is 14.5. The van der Waals surface area contributed by atoms with E-state index in [1.807, 2.05) is 17.5 Å². The third-order valence-corrected chi connectivity index (χ3v) is 5.55. The first-order valence-corrected chi connectivity index (χ1v) is 9.37. The molecular weight excluding hydrogens is 358 g/mol. The maximum absolute atomic E-state index is 13.1. The van der Waals surface area contributed by atoms with Crippen molar-refractivity contribution in [2.75, 3.05) is 13.6 Å². The topological polar surface area (TPSA) is 66.5 Å². The van der Waals surface area contributed by atoms with Crippen molar-refractivity contribution in [3.63, 3.8) is 0 Å². The fraction of sp³-hybridized carbons (Fsp3) is 0.267. The van der Waals surface area contributed by atoms with E-state index in [2.05, 4.69) is 4.72 Å². The van der Waals surface area contributed by atoms with Crippen molar-refractivity contribution in [1.82, 2.24) is 9.62 Å². The maximum atomic E-state index is 13.1. The lowest BCUT2D eigenvalue weighted by atomic mass is 10.3. The molecule has 24 heavy (non-hydrogen) atoms. The van der Waals surface area contributed by atoms with Crippen LogP contribution in [0.25, 0.3) is 0 Å². The van der Waals surface area contributed by atoms with Crippen LogP contribution in [0.4, 0.5) is 8.78 Å². The van der Waals surface area contributed by atoms with Crippen LogP contribution in [0.15, 0.2) is 40.6 Å². The number of carbonyl (C=O) groups excluding carboxylic acids is 1. The quantitative estimate of drug-likeness (QED) is 0.809. The molecule has 130 valence electrons. The SMILES string of the molecule is CN(Cc1cccs1)C(=O)CCNS(=O)(=O)c1ccc(F)c(F)c1. The van der Waals surface area contributed by atoms with Crippen molar-refractivity contribution in [3.8, 4) is 0 Å². The lowest BCUT2D eigenvalue weighted by Crippen LogP contribution is -2.31. The number of nitrogens with zero attached hydrogens (tertiary/aromatic N) is 1. The third kappa shape index (κ3) is 4.83. The zero-order valence-electron chi connectivity index (χ0n) is 12.8. The smallest absolute Gasteiger partial charge is 0.240 e. The Bertz CT molecular complexity index is 808. The molecule has 0 spiro atoms. The first kappa shape index (κ1) is 18.5. The summed E-state index contributed by atoms with van der Waals surface area (Å²) >= 11 is 1.52. The monoisotopic (exact) mass is 374 g/mol. The summed E-state index contributed by atoms with van der Waals surface area (Å²) < 4.78 is 52.1. The molecule has 0 aliphatic rings. The normalized spacial score (nSPS) is 11.5. The first-order valence-electron chi connectivity index (χ1n) is 7.00. The van der Waals surface area contributed by atoms with Crippen LogP contribution in [0.5, 0.6) is 0 Å². The Labute approximate surface area is 143 Å². The summed E-state index contributed by atoms with van der Waals surface area (Å²) in [6.45, 7) is 0.321. The van der Waals surface area contributed by atoms with Crippen LogP contribution in [0.3, 0.4) is 0 Å². The van der Waals surface area contributed by atoms with Gasteiger partial charge in [0.1, 0.15) is 0 Å². The fourth-order valence-corrected chi connectivity index (χ4v) is 3.74. The summed E-state index contributed by atoms with van der Waals surface area (Å²) in [5, 5.41) is 1.91. The molecule has 5 nitrogen and oxygen atoms in total. The van der Waals surface area contributed by atoms with Crippen LogP contribution in [0, 0.1) is 11.6 Å². The van der Waals surface area contributed by atoms with Crippen LogP contribution < -0.4 is 4.72 Å². The van der Waals surface area contributed by atoms with E-state index in [0.29, 0.717) is 12.6 Å². The Balaban J connectivity index is 1.88. The molecule has 1 aromatic heterocycles. The number of thiophene rings is 1. The number of halogens is 2. The van der Waals surface area contributed by atoms with E-state index in [0.717, 1.165) is 17.0 Å². The van der Waals surface area contributed by atoms with E-state index in [-0.39, 0.29) is 23.8 Å². The molecule has 1 aromatic carbocycles. The first-order chi connectivity index (χ1) is 11.3. The summed E-state index contributed by atoms with van der Waals surface area (Å²) in [4.78, 5) is 14.1. The highest BCUT2D eigenvalue weighted by Gasteiger charge is 2.17. The minimum Gasteiger partial charge on any atom is -0.341 e. The molecule has 2 rings (SSSR count). The molecule has 0 bridgehead atoms. The number of rotatable bonds is 7. The Kier molecular flexibility index (Phi) is 6.03. The van der Waals surface area contributed by atoms with Crippen LogP contribution >= 0.6 is 11.3 Å². The second-order valence-electron chi connectivity index (χ2n) is 5.05. The van der Waals surface area contributed by atoms with Gasteiger partial charge in [-0.05, 0) is 29.6 Å². The number of carbonyl (C=O) groups is 1. The standard InChI is InChI=1S/C15H16F2N2O3S2/c1-19(10-11-3-2-8-23-11)15(20)6-7-18-24(21,22)12-4-5-13(16)14(17)9-12/h2-5,8-9,18H,6-7,10H2,1H3. The zero-order chi connectivity index (χ0) is 17.7. The molecule has 0 aliphatic heterocycles. The highest BCUT2D eigenvalue weighted by Crippen LogP contribution is 2.14. The van der Waals surface area contributed by atoms with E-state index in [4.69, 9.17) is 0 Å². The van der Waals surface area contributed by atoms with Gasteiger partial charge in [0, 0.05) is 24.9 Å². The molecule has 1 N–H and O–H groups in total. The van der Waals surface area contributed by atoms with E-state index in [9.17, 15) is 22.0 Å². The number of benzene rings is 1. The predicted octanol–water partition coefficient (Wildman–Crippen LogP) is 2.35. The van der Waals surface area contributed by atoms with Gasteiger partial charge in [-0.1, -0.05) is 6.07 Å². The maximum Gasteiger partial charge on any atom is 0.240 e. The lowest BCUT2D eigenvalue weighted by Gasteiger charge is -2.16. The van der Waals surface area contributed by atoms with Crippen LogP contribution in [0.1, 0.15) is 11.3 Å². The van der Waals surface area contributed by atoms with Crippen molar-refractivity contribution in [3.05, 3.63) is 52.2 Å². The van der Waals surface area contributed by atoms with Crippen LogP contribution in [0.2, 0.25) is 0 Å². The second-order valence-corrected chi connectivity index (χ2v) is 7.85. The summed E-state index contributed by atoms with van der Waals surface area (Å²) in [5.41, 5.74) is 0. The molecule has 1 heterocycles. The number of amides is 1. The predicted molar refractivity (Wildman–Crippen MR) is 87.0 cm³/mol. The average molecular weight is 374 g/mol. The van der Waals surface area contributed by atoms with Crippen molar-refractivity contribution in [2.45, 2.75) is 17.9 Å². The van der Waals surface area contributed by atoms with E-state index >= 15 is 0 Å². The van der Waals surface area contributed by atoms with Gasteiger partial charge in [0.25, 0.3) is 0 Å². The van der Waals surface area contributed by atoms with Crippen molar-refractivity contribution < 1.29 is 22.0 Å². The fourth-order valence-electron chi connectivity index (χ4n) is 1.94. The van der Waals surface area contributed by atoms with Gasteiger partial charge >= 0.3 is 0 Å². The molecule has 0 atom stereocenters. The molecular formula is C15H16F2N2O3S2. The third-order valence-electron chi connectivity index (χ3n) is 3.23. The van der Waals surface area contributed by atoms with Crippen molar-refractivity contribution in [1.29, 1.82) is 0 Å². The van der Waals surface area contributed by atoms with E-state index in [1.165, 1.54) is 16.2 Å². The molecule has 2 aromatic rings. The van der Waals surface area contributed by atoms with Gasteiger partial charge in [0.15, 0.2) is 11.6 Å². The Morgan fingerprint density at radius 1 is 1.25 bits per heavy atom. The lowest BCUT2D eigenvalue weighted by molar-refractivity contribution is -0.130. The average Bonchev–Trinajstić information content (AvgIpc) is 3.02. The Hall–Kier alpha value is -1.84. The van der Waals surface area contributed by atoms with Crippen LogP contribution in [-0.4, -0.2) is 32.8 Å². The van der Waals surface area contributed by atoms with Gasteiger partial charge in [-0.3, -0.25) is 4.79 Å². The van der Waals surface area contributed by atoms with Crippen molar-refractivity contribution >= 4 is 27.3 Å². The van der Waals surface area contributed by atoms with Crippen LogP contribution in [-0.2, 0) is 21.4 Å². The Morgan fingerprint density at radius 2 is 2.00 bits per heavy atom. The van der Waals surface area contributed by atoms with Gasteiger partial charge < -0.3 is 4.90 Å². The molecule has 0 saturated carbocycles. The van der Waals surface area contributed by atoms with Gasteiger partial charge in [0.2, 0.25) is 15.9 Å². The van der Waals surface area contributed by atoms with Gasteiger partial charge in [-0.2, -0.15) is 0 Å². The van der Waals surface area contributed by atoms with Gasteiger partial charge in [0.05, 0.1) is 11.4 Å². The minimum absolute atomic E-state index is 0.0369. The minimum atomic E-state index is -4.00. The molecule has 0 fully saturated rings. The molecule has 0 aliphatic carbocycles. The largest absolute Gasteiger partial charge is 0.341 e. The highest BCUT2D eigenvalue weighted by molar-refractivity contribution is 7.89. The van der Waals surface area contributed by atoms with E-state index in [1.54, 1.807) is 7.05 Å². The molecule has 9 heteroatoms. The Morgan fingerprint density at radius 3 is 2.62 bits per heavy atom. The number of hydrogen-bond acceptors (Lipinski definition) is 4. The highest BCUT2D eigenvalue weighted by atomic mass is 32.2. The van der Waals surface area contributed by atoms with E-state index < -0.39 is 21.7 Å². The van der Waals surface area contributed by atoms with Crippen molar-refractivity contribution in [2.24, 2.45) is 0 Å². The summed E-state index contributed by atoms with van der Waals surface area (Å²) in [7, 11) is -2.37. The molecule has 0 saturated heterocycles. The second kappa shape index (κ2) is 7.82. The summed E-state index contributed by atoms with van der Waals surface area (Å²) in [6, 6.07) is 6.09. The molecule has 0 radical (unpaired) electrons. The number of nitrogens with one attached hydrogen (secondary N) is 1. The number of hydrogen-bond donors (Lipinski definition) is 1.